The van der Waals surface area contributed by atoms with Gasteiger partial charge in [0.15, 0.2) is 0 Å². The molecule has 0 saturated carbocycles. The van der Waals surface area contributed by atoms with Gasteiger partial charge >= 0.3 is 0 Å². The van der Waals surface area contributed by atoms with Crippen molar-refractivity contribution in [1.29, 1.82) is 0 Å². The van der Waals surface area contributed by atoms with Crippen LogP contribution in [0.4, 0.5) is 0 Å². The summed E-state index contributed by atoms with van der Waals surface area (Å²) >= 11 is 0. The van der Waals surface area contributed by atoms with Crippen LogP contribution in [0.5, 0.6) is 0 Å². The molecule has 0 radical (unpaired) electrons. The lowest BCUT2D eigenvalue weighted by Crippen LogP contribution is -2.21. The third kappa shape index (κ3) is 7.83. The Morgan fingerprint density at radius 2 is 0.705 bits per heavy atom. The summed E-state index contributed by atoms with van der Waals surface area (Å²) in [6, 6.07) is 29.5. The molecule has 1 aliphatic rings. The van der Waals surface area contributed by atoms with Gasteiger partial charge in [0.1, 0.15) is 0 Å². The van der Waals surface area contributed by atoms with Crippen LogP contribution in [0.2, 0.25) is 0 Å². The number of carbonyl (C=O) groups is 2. The zero-order chi connectivity index (χ0) is 30.7. The highest BCUT2D eigenvalue weighted by molar-refractivity contribution is 6.53. The highest BCUT2D eigenvalue weighted by Crippen LogP contribution is 2.39. The summed E-state index contributed by atoms with van der Waals surface area (Å²) in [6.45, 7) is 4.52. The predicted octanol–water partition coefficient (Wildman–Crippen LogP) is 11.9. The Morgan fingerprint density at radius 1 is 0.364 bits per heavy atom. The summed E-state index contributed by atoms with van der Waals surface area (Å²) in [7, 11) is 0. The number of carbonyl (C=O) groups excluding carboxylic acids is 2. The van der Waals surface area contributed by atoms with Gasteiger partial charge in [-0.2, -0.15) is 0 Å². The predicted molar refractivity (Wildman–Crippen MR) is 186 cm³/mol. The second-order valence-electron chi connectivity index (χ2n) is 12.6. The van der Waals surface area contributed by atoms with Crippen molar-refractivity contribution >= 4 is 11.6 Å². The first-order valence-corrected chi connectivity index (χ1v) is 17.1. The minimum Gasteiger partial charge on any atom is -0.285 e. The van der Waals surface area contributed by atoms with E-state index in [2.05, 4.69) is 74.5 Å². The van der Waals surface area contributed by atoms with E-state index in [1.165, 1.54) is 88.2 Å². The molecule has 0 N–H and O–H groups in total. The average Bonchev–Trinajstić information content (AvgIpc) is 3.07. The van der Waals surface area contributed by atoms with E-state index in [4.69, 9.17) is 0 Å². The van der Waals surface area contributed by atoms with Crippen molar-refractivity contribution in [2.75, 3.05) is 0 Å². The van der Waals surface area contributed by atoms with Crippen LogP contribution < -0.4 is 0 Å². The van der Waals surface area contributed by atoms with Gasteiger partial charge in [-0.05, 0) is 94.5 Å². The van der Waals surface area contributed by atoms with Crippen LogP contribution in [0.25, 0.3) is 33.4 Å². The molecule has 44 heavy (non-hydrogen) atoms. The molecule has 0 amide bonds. The zero-order valence-electron chi connectivity index (χ0n) is 26.8. The fourth-order valence-electron chi connectivity index (χ4n) is 6.48. The molecule has 5 rings (SSSR count). The Kier molecular flexibility index (Phi) is 11.4. The van der Waals surface area contributed by atoms with Crippen LogP contribution in [0.3, 0.4) is 0 Å². The lowest BCUT2D eigenvalue weighted by atomic mass is 9.81. The van der Waals surface area contributed by atoms with Crippen molar-refractivity contribution in [3.05, 3.63) is 107 Å². The normalized spacial score (nSPS) is 12.3. The lowest BCUT2D eigenvalue weighted by Gasteiger charge is -2.20. The number of rotatable bonds is 16. The van der Waals surface area contributed by atoms with Crippen molar-refractivity contribution in [3.63, 3.8) is 0 Å². The average molecular weight is 585 g/mol. The Balaban J connectivity index is 1.31. The molecule has 1 aliphatic carbocycles. The number of ketones is 2. The van der Waals surface area contributed by atoms with Crippen molar-refractivity contribution in [2.45, 2.75) is 104 Å². The molecule has 2 nitrogen and oxygen atoms in total. The molecule has 0 saturated heterocycles. The molecular weight excluding hydrogens is 536 g/mol. The number of hydrogen-bond donors (Lipinski definition) is 0. The van der Waals surface area contributed by atoms with Crippen LogP contribution in [-0.4, -0.2) is 11.6 Å². The Bertz CT molecular complexity index is 1420. The molecule has 0 unspecified atom stereocenters. The van der Waals surface area contributed by atoms with Gasteiger partial charge in [0.2, 0.25) is 11.6 Å². The lowest BCUT2D eigenvalue weighted by molar-refractivity contribution is 0.0815. The molecule has 4 aromatic rings. The molecule has 2 heteroatoms. The molecule has 0 atom stereocenters. The fourth-order valence-corrected chi connectivity index (χ4v) is 6.48. The fraction of sp³-hybridized carbons (Fsp3) is 0.381. The molecule has 0 spiro atoms. The Morgan fingerprint density at radius 3 is 1.09 bits per heavy atom. The van der Waals surface area contributed by atoms with Gasteiger partial charge < -0.3 is 0 Å². The number of hydrogen-bond acceptors (Lipinski definition) is 2. The van der Waals surface area contributed by atoms with E-state index >= 15 is 0 Å². The zero-order valence-corrected chi connectivity index (χ0v) is 26.8. The summed E-state index contributed by atoms with van der Waals surface area (Å²) in [6.07, 6.45) is 17.9. The van der Waals surface area contributed by atoms with Gasteiger partial charge in [0, 0.05) is 11.1 Å². The largest absolute Gasteiger partial charge is 0.285 e. The molecule has 228 valence electrons. The number of fused-ring (bicyclic) bond motifs is 3. The topological polar surface area (TPSA) is 34.1 Å². The second-order valence-corrected chi connectivity index (χ2v) is 12.6. The highest BCUT2D eigenvalue weighted by Gasteiger charge is 2.30. The minimum atomic E-state index is -0.417. The molecule has 0 bridgehead atoms. The maximum Gasteiger partial charge on any atom is 0.234 e. The molecule has 0 fully saturated rings. The summed E-state index contributed by atoms with van der Waals surface area (Å²) in [5.41, 5.74) is 9.81. The monoisotopic (exact) mass is 584 g/mol. The van der Waals surface area contributed by atoms with E-state index < -0.39 is 11.6 Å². The van der Waals surface area contributed by atoms with Gasteiger partial charge in [-0.15, -0.1) is 0 Å². The maximum atomic E-state index is 13.1. The van der Waals surface area contributed by atoms with E-state index in [0.29, 0.717) is 11.1 Å². The first kappa shape index (κ1) is 31.6. The molecular formula is C42H48O2. The summed E-state index contributed by atoms with van der Waals surface area (Å²) < 4.78 is 0. The van der Waals surface area contributed by atoms with Gasteiger partial charge in [-0.3, -0.25) is 9.59 Å². The second kappa shape index (κ2) is 15.8. The first-order valence-electron chi connectivity index (χ1n) is 17.1. The third-order valence-electron chi connectivity index (χ3n) is 9.24. The van der Waals surface area contributed by atoms with Gasteiger partial charge in [-0.25, -0.2) is 0 Å². The van der Waals surface area contributed by atoms with E-state index in [1.807, 2.05) is 24.3 Å². The summed E-state index contributed by atoms with van der Waals surface area (Å²) in [5, 5.41) is 0. The van der Waals surface area contributed by atoms with Crippen LogP contribution in [-0.2, 0) is 12.8 Å². The van der Waals surface area contributed by atoms with Gasteiger partial charge in [0.05, 0.1) is 0 Å². The van der Waals surface area contributed by atoms with Crippen LogP contribution in [0.15, 0.2) is 84.9 Å². The SMILES string of the molecule is CCCCCCCCc1ccc(-c2ccc3c(c2)-c2cc(-c4ccc(CCCCCCCC)cc4)ccc2C(=O)C3=O)cc1. The standard InChI is InChI=1S/C42H48O2/c1-3-5-7-9-11-13-15-31-17-21-33(22-18-31)35-25-27-37-39(29-35)40-30-36(26-28-38(40)42(44)41(37)43)34-23-19-32(20-24-34)16-14-12-10-8-6-4-2/h17-30H,3-16H2,1-2H3. The Labute approximate surface area is 264 Å². The van der Waals surface area contributed by atoms with Gasteiger partial charge in [-0.1, -0.05) is 139 Å². The quantitative estimate of drug-likeness (QED) is 0.0969. The number of unbranched alkanes of at least 4 members (excludes halogenated alkanes) is 10. The maximum absolute atomic E-state index is 13.1. The van der Waals surface area contributed by atoms with Crippen molar-refractivity contribution in [3.8, 4) is 33.4 Å². The number of benzene rings is 4. The van der Waals surface area contributed by atoms with Crippen LogP contribution in [0.1, 0.15) is 123 Å². The van der Waals surface area contributed by atoms with Gasteiger partial charge in [0.25, 0.3) is 0 Å². The first-order chi connectivity index (χ1) is 21.6. The van der Waals surface area contributed by atoms with E-state index in [1.54, 1.807) is 0 Å². The number of aryl methyl sites for hydroxylation is 2. The smallest absolute Gasteiger partial charge is 0.234 e. The summed E-state index contributed by atoms with van der Waals surface area (Å²) in [5.74, 6) is -0.833. The minimum absolute atomic E-state index is 0.417. The Hall–Kier alpha value is -3.78. The molecule has 4 aromatic carbocycles. The van der Waals surface area contributed by atoms with Crippen LogP contribution >= 0.6 is 0 Å². The third-order valence-corrected chi connectivity index (χ3v) is 9.24. The molecule has 0 aromatic heterocycles. The van der Waals surface area contributed by atoms with Crippen molar-refractivity contribution in [1.82, 2.24) is 0 Å². The highest BCUT2D eigenvalue weighted by atomic mass is 16.2. The van der Waals surface area contributed by atoms with Crippen LogP contribution in [0, 0.1) is 0 Å². The molecule has 0 aliphatic heterocycles. The van der Waals surface area contributed by atoms with E-state index in [-0.39, 0.29) is 0 Å². The van der Waals surface area contributed by atoms with E-state index in [9.17, 15) is 9.59 Å². The van der Waals surface area contributed by atoms with Crippen molar-refractivity contribution in [2.24, 2.45) is 0 Å². The molecule has 0 heterocycles. The van der Waals surface area contributed by atoms with Crippen molar-refractivity contribution < 1.29 is 9.59 Å². The summed E-state index contributed by atoms with van der Waals surface area (Å²) in [4.78, 5) is 26.1. The van der Waals surface area contributed by atoms with E-state index in [0.717, 1.165) is 46.2 Å². The number of Topliss-reactive ketones (excluding diaryl/α,β-unsaturated/α-hetero) is 2.